The molecule has 0 amide bonds. The van der Waals surface area contributed by atoms with Gasteiger partial charge < -0.3 is 23.3 Å². The first-order valence-corrected chi connectivity index (χ1v) is 7.45. The minimum absolute atomic E-state index is 0.0267. The molecule has 116 valence electrons. The molecule has 0 aliphatic carbocycles. The highest BCUT2D eigenvalue weighted by Crippen LogP contribution is 2.04. The number of hydrogen-bond acceptors (Lipinski definition) is 5. The van der Waals surface area contributed by atoms with Crippen molar-refractivity contribution in [3.05, 3.63) is 0 Å². The monoisotopic (exact) mass is 314 g/mol. The highest BCUT2D eigenvalue weighted by Gasteiger charge is 2.12. The van der Waals surface area contributed by atoms with Crippen LogP contribution in [0.2, 0.25) is 0 Å². The predicted molar refractivity (Wildman–Crippen MR) is 82.2 cm³/mol. The first-order valence-electron chi connectivity index (χ1n) is 6.51. The Balaban J connectivity index is 3.65. The van der Waals surface area contributed by atoms with Crippen LogP contribution in [0.3, 0.4) is 0 Å². The van der Waals surface area contributed by atoms with Gasteiger partial charge in [0.2, 0.25) is 0 Å². The second kappa shape index (κ2) is 12.4. The Kier molecular flexibility index (Phi) is 12.8. The molecule has 0 aromatic rings. The number of hydrogen-bond donors (Lipinski definition) is 0. The van der Waals surface area contributed by atoms with Gasteiger partial charge in [-0.2, -0.15) is 0 Å². The molecule has 0 aliphatic heterocycles. The second-order valence-corrected chi connectivity index (χ2v) is 5.38. The quantitative estimate of drug-likeness (QED) is 0.517. The lowest BCUT2D eigenvalue weighted by Crippen LogP contribution is -2.29. The third-order valence-corrected chi connectivity index (χ3v) is 2.74. The molecule has 6 atom stereocenters. The van der Waals surface area contributed by atoms with Gasteiger partial charge in [-0.05, 0) is 27.7 Å². The third-order valence-electron chi connectivity index (χ3n) is 2.36. The summed E-state index contributed by atoms with van der Waals surface area (Å²) in [5, 5.41) is 0. The standard InChI is InChI=1S/C12H28O5P2/c1-9(7-15-18)13-5-11(3)17-12(4)6-14-10(2)8-16-19/h9-12H,5-8,18-19H2,1-4H3. The lowest BCUT2D eigenvalue weighted by Gasteiger charge is -2.22. The fourth-order valence-corrected chi connectivity index (χ4v) is 1.98. The second-order valence-electron chi connectivity index (χ2n) is 4.71. The molecule has 6 unspecified atom stereocenters. The van der Waals surface area contributed by atoms with E-state index in [1.54, 1.807) is 0 Å². The summed E-state index contributed by atoms with van der Waals surface area (Å²) in [4.78, 5) is 0. The van der Waals surface area contributed by atoms with Gasteiger partial charge in [0.05, 0.1) is 50.8 Å². The average Bonchev–Trinajstić information content (AvgIpc) is 2.35. The van der Waals surface area contributed by atoms with Gasteiger partial charge in [-0.1, -0.05) is 0 Å². The summed E-state index contributed by atoms with van der Waals surface area (Å²) in [5.74, 6) is 0. The smallest absolute Gasteiger partial charge is 0.0785 e. The van der Waals surface area contributed by atoms with Crippen LogP contribution in [0.15, 0.2) is 0 Å². The van der Waals surface area contributed by atoms with Gasteiger partial charge in [0.1, 0.15) is 0 Å². The lowest BCUT2D eigenvalue weighted by molar-refractivity contribution is -0.0958. The third kappa shape index (κ3) is 12.1. The minimum Gasteiger partial charge on any atom is -0.373 e. The van der Waals surface area contributed by atoms with Gasteiger partial charge in [0.15, 0.2) is 0 Å². The van der Waals surface area contributed by atoms with Crippen LogP contribution in [-0.2, 0) is 23.3 Å². The van der Waals surface area contributed by atoms with Crippen LogP contribution < -0.4 is 0 Å². The molecule has 0 aliphatic rings. The van der Waals surface area contributed by atoms with Gasteiger partial charge in [-0.3, -0.25) is 0 Å². The largest absolute Gasteiger partial charge is 0.373 e. The molecule has 0 aromatic heterocycles. The molecule has 0 heterocycles. The van der Waals surface area contributed by atoms with E-state index in [0.29, 0.717) is 26.4 Å². The van der Waals surface area contributed by atoms with Crippen LogP contribution in [0.1, 0.15) is 27.7 Å². The van der Waals surface area contributed by atoms with Crippen LogP contribution in [0.25, 0.3) is 0 Å². The van der Waals surface area contributed by atoms with Crippen LogP contribution in [0.5, 0.6) is 0 Å². The molecule has 0 bridgehead atoms. The molecular weight excluding hydrogens is 286 g/mol. The van der Waals surface area contributed by atoms with E-state index in [9.17, 15) is 0 Å². The molecule has 0 aromatic carbocycles. The van der Waals surface area contributed by atoms with Crippen molar-refractivity contribution in [1.82, 2.24) is 0 Å². The van der Waals surface area contributed by atoms with E-state index in [4.69, 9.17) is 23.3 Å². The number of rotatable bonds is 12. The molecule has 0 rings (SSSR count). The molecule has 5 nitrogen and oxygen atoms in total. The first-order chi connectivity index (χ1) is 8.99. The molecule has 0 spiro atoms. The van der Waals surface area contributed by atoms with Crippen LogP contribution >= 0.6 is 18.9 Å². The van der Waals surface area contributed by atoms with Gasteiger partial charge in [-0.25, -0.2) is 0 Å². The van der Waals surface area contributed by atoms with Crippen molar-refractivity contribution in [1.29, 1.82) is 0 Å². The molecular formula is C12H28O5P2. The Bertz CT molecular complexity index is 189. The summed E-state index contributed by atoms with van der Waals surface area (Å²) in [6.07, 6.45) is 0.182. The maximum absolute atomic E-state index is 5.77. The zero-order valence-corrected chi connectivity index (χ0v) is 14.6. The molecule has 0 saturated carbocycles. The highest BCUT2D eigenvalue weighted by molar-refractivity contribution is 7.10. The van der Waals surface area contributed by atoms with E-state index in [1.807, 2.05) is 27.7 Å². The summed E-state index contributed by atoms with van der Waals surface area (Å²) in [5.41, 5.74) is 0. The number of ether oxygens (including phenoxy) is 3. The Morgan fingerprint density at radius 2 is 1.00 bits per heavy atom. The van der Waals surface area contributed by atoms with Crippen molar-refractivity contribution < 1.29 is 23.3 Å². The first kappa shape index (κ1) is 19.7. The zero-order valence-electron chi connectivity index (χ0n) is 12.3. The van der Waals surface area contributed by atoms with Crippen LogP contribution in [0, 0.1) is 0 Å². The maximum atomic E-state index is 5.77. The van der Waals surface area contributed by atoms with Crippen molar-refractivity contribution in [2.24, 2.45) is 0 Å². The Labute approximate surface area is 121 Å². The molecule has 19 heavy (non-hydrogen) atoms. The summed E-state index contributed by atoms with van der Waals surface area (Å²) < 4.78 is 26.8. The Morgan fingerprint density at radius 1 is 0.632 bits per heavy atom. The lowest BCUT2D eigenvalue weighted by atomic mass is 10.3. The van der Waals surface area contributed by atoms with Crippen molar-refractivity contribution in [3.8, 4) is 0 Å². The molecule has 0 radical (unpaired) electrons. The normalized spacial score (nSPS) is 18.0. The topological polar surface area (TPSA) is 46.2 Å². The molecule has 0 saturated heterocycles. The predicted octanol–water partition coefficient (Wildman–Crippen LogP) is 2.20. The van der Waals surface area contributed by atoms with Crippen molar-refractivity contribution in [2.45, 2.75) is 52.1 Å². The van der Waals surface area contributed by atoms with Crippen LogP contribution in [0.4, 0.5) is 0 Å². The van der Waals surface area contributed by atoms with Gasteiger partial charge >= 0.3 is 0 Å². The van der Waals surface area contributed by atoms with Gasteiger partial charge in [0, 0.05) is 18.9 Å². The molecule has 7 heteroatoms. The van der Waals surface area contributed by atoms with Crippen molar-refractivity contribution in [3.63, 3.8) is 0 Å². The highest BCUT2D eigenvalue weighted by atomic mass is 31.0. The van der Waals surface area contributed by atoms with E-state index in [1.165, 1.54) is 0 Å². The summed E-state index contributed by atoms with van der Waals surface area (Å²) in [6, 6.07) is 0. The van der Waals surface area contributed by atoms with E-state index < -0.39 is 0 Å². The van der Waals surface area contributed by atoms with Crippen LogP contribution in [-0.4, -0.2) is 50.8 Å². The van der Waals surface area contributed by atoms with E-state index in [-0.39, 0.29) is 24.4 Å². The average molecular weight is 314 g/mol. The zero-order chi connectivity index (χ0) is 14.7. The Morgan fingerprint density at radius 3 is 1.32 bits per heavy atom. The van der Waals surface area contributed by atoms with E-state index >= 15 is 0 Å². The maximum Gasteiger partial charge on any atom is 0.0785 e. The van der Waals surface area contributed by atoms with Crippen molar-refractivity contribution >= 4 is 18.9 Å². The van der Waals surface area contributed by atoms with E-state index in [2.05, 4.69) is 18.9 Å². The van der Waals surface area contributed by atoms with Crippen molar-refractivity contribution in [2.75, 3.05) is 26.4 Å². The SMILES string of the molecule is CC(COP)OCC(C)OC(C)COC(C)COP. The Hall–Kier alpha value is 0.660. The minimum atomic E-state index is 0.0267. The van der Waals surface area contributed by atoms with Gasteiger partial charge in [0.25, 0.3) is 0 Å². The fraction of sp³-hybridized carbons (Fsp3) is 1.00. The fourth-order valence-electron chi connectivity index (χ4n) is 1.44. The molecule has 0 fully saturated rings. The van der Waals surface area contributed by atoms with E-state index in [0.717, 1.165) is 0 Å². The summed E-state index contributed by atoms with van der Waals surface area (Å²) >= 11 is 0. The molecule has 0 N–H and O–H groups in total. The van der Waals surface area contributed by atoms with Gasteiger partial charge in [-0.15, -0.1) is 0 Å². The summed E-state index contributed by atoms with van der Waals surface area (Å²) in [7, 11) is 4.43. The summed E-state index contributed by atoms with van der Waals surface area (Å²) in [6.45, 7) is 10.1.